The first-order valence-electron chi connectivity index (χ1n) is 6.71. The maximum Gasteiger partial charge on any atom is 0.243 e. The van der Waals surface area contributed by atoms with Crippen LogP contribution in [0.5, 0.6) is 0 Å². The zero-order chi connectivity index (χ0) is 13.8. The lowest BCUT2D eigenvalue weighted by Crippen LogP contribution is -2.23. The lowest BCUT2D eigenvalue weighted by atomic mass is 9.95. The quantitative estimate of drug-likeness (QED) is 0.628. The van der Waals surface area contributed by atoms with E-state index in [-0.39, 0.29) is 5.91 Å². The molecule has 1 N–H and O–H groups in total. The van der Waals surface area contributed by atoms with Gasteiger partial charge in [-0.1, -0.05) is 18.7 Å². The van der Waals surface area contributed by atoms with Crippen LogP contribution in [0.2, 0.25) is 0 Å². The summed E-state index contributed by atoms with van der Waals surface area (Å²) in [5.41, 5.74) is 5.31. The number of amides is 1. The Kier molecular flexibility index (Phi) is 4.38. The van der Waals surface area contributed by atoms with E-state index in [9.17, 15) is 4.79 Å². The maximum atomic E-state index is 11.1. The average molecular weight is 259 g/mol. The number of hydrogen-bond donors (Lipinski definition) is 1. The number of ether oxygens (including phenoxy) is 1. The summed E-state index contributed by atoms with van der Waals surface area (Å²) in [6.07, 6.45) is 3.59. The molecular formula is C16H21NO2. The summed E-state index contributed by atoms with van der Waals surface area (Å²) >= 11 is 0. The van der Waals surface area contributed by atoms with Gasteiger partial charge in [-0.05, 0) is 48.6 Å². The van der Waals surface area contributed by atoms with Gasteiger partial charge in [-0.3, -0.25) is 4.79 Å². The molecule has 3 nitrogen and oxygen atoms in total. The Morgan fingerprint density at radius 3 is 2.63 bits per heavy atom. The number of epoxide rings is 1. The molecule has 1 aliphatic rings. The monoisotopic (exact) mass is 259 g/mol. The first kappa shape index (κ1) is 13.8. The van der Waals surface area contributed by atoms with Gasteiger partial charge in [-0.15, -0.1) is 0 Å². The molecule has 1 aromatic carbocycles. The Labute approximate surface area is 114 Å². The minimum atomic E-state index is -0.115. The average Bonchev–Trinajstić information content (AvgIpc) is 3.17. The molecule has 1 aliphatic heterocycles. The molecule has 0 spiro atoms. The molecule has 0 aliphatic carbocycles. The van der Waals surface area contributed by atoms with Crippen molar-refractivity contribution in [2.24, 2.45) is 0 Å². The smallest absolute Gasteiger partial charge is 0.243 e. The zero-order valence-electron chi connectivity index (χ0n) is 11.7. The predicted octanol–water partition coefficient (Wildman–Crippen LogP) is 2.09. The molecule has 1 heterocycles. The van der Waals surface area contributed by atoms with Crippen LogP contribution in [0.15, 0.2) is 24.8 Å². The topological polar surface area (TPSA) is 41.6 Å². The molecule has 0 saturated carbocycles. The summed E-state index contributed by atoms with van der Waals surface area (Å²) in [7, 11) is 0. The molecule has 2 rings (SSSR count). The van der Waals surface area contributed by atoms with Crippen LogP contribution in [0, 0.1) is 13.8 Å². The van der Waals surface area contributed by atoms with Crippen LogP contribution < -0.4 is 5.32 Å². The van der Waals surface area contributed by atoms with Crippen molar-refractivity contribution in [2.75, 3.05) is 13.2 Å². The van der Waals surface area contributed by atoms with Crippen molar-refractivity contribution in [3.8, 4) is 0 Å². The lowest BCUT2D eigenvalue weighted by Gasteiger charge is -2.12. The van der Waals surface area contributed by atoms with Crippen molar-refractivity contribution in [3.63, 3.8) is 0 Å². The Morgan fingerprint density at radius 1 is 1.47 bits per heavy atom. The second kappa shape index (κ2) is 6.02. The summed E-state index contributed by atoms with van der Waals surface area (Å²) < 4.78 is 5.30. The third kappa shape index (κ3) is 3.93. The van der Waals surface area contributed by atoms with E-state index in [2.05, 4.69) is 37.9 Å². The van der Waals surface area contributed by atoms with Gasteiger partial charge < -0.3 is 10.1 Å². The summed E-state index contributed by atoms with van der Waals surface area (Å²) in [6, 6.07) is 4.43. The molecule has 102 valence electrons. The van der Waals surface area contributed by atoms with E-state index < -0.39 is 0 Å². The van der Waals surface area contributed by atoms with E-state index in [0.717, 1.165) is 19.4 Å². The van der Waals surface area contributed by atoms with Gasteiger partial charge in [-0.2, -0.15) is 0 Å². The molecule has 1 fully saturated rings. The highest BCUT2D eigenvalue weighted by atomic mass is 16.6. The van der Waals surface area contributed by atoms with Gasteiger partial charge in [0.05, 0.1) is 12.7 Å². The predicted molar refractivity (Wildman–Crippen MR) is 76.3 cm³/mol. The number of carbonyl (C=O) groups excluding carboxylic acids is 1. The van der Waals surface area contributed by atoms with Crippen LogP contribution in [0.1, 0.15) is 22.3 Å². The fourth-order valence-corrected chi connectivity index (χ4v) is 2.37. The molecule has 1 atom stereocenters. The SMILES string of the molecule is C=CC(=O)NCCc1cc(C)c(CC2CO2)c(C)c1. The van der Waals surface area contributed by atoms with Crippen molar-refractivity contribution in [1.82, 2.24) is 5.32 Å². The molecule has 1 unspecified atom stereocenters. The summed E-state index contributed by atoms with van der Waals surface area (Å²) in [5.74, 6) is -0.115. The standard InChI is InChI=1S/C16H21NO2/c1-4-16(18)17-6-5-13-7-11(2)15(12(3)8-13)9-14-10-19-14/h4,7-8,14H,1,5-6,9-10H2,2-3H3,(H,17,18). The van der Waals surface area contributed by atoms with Crippen molar-refractivity contribution in [2.45, 2.75) is 32.8 Å². The van der Waals surface area contributed by atoms with E-state index in [1.165, 1.54) is 28.3 Å². The van der Waals surface area contributed by atoms with Gasteiger partial charge in [0.1, 0.15) is 0 Å². The van der Waals surface area contributed by atoms with E-state index in [0.29, 0.717) is 12.6 Å². The van der Waals surface area contributed by atoms with Crippen LogP contribution in [0.3, 0.4) is 0 Å². The van der Waals surface area contributed by atoms with Crippen molar-refractivity contribution in [3.05, 3.63) is 47.0 Å². The van der Waals surface area contributed by atoms with Crippen molar-refractivity contribution >= 4 is 5.91 Å². The van der Waals surface area contributed by atoms with Gasteiger partial charge in [0.15, 0.2) is 0 Å². The second-order valence-corrected chi connectivity index (χ2v) is 5.11. The van der Waals surface area contributed by atoms with E-state index >= 15 is 0 Å². The van der Waals surface area contributed by atoms with Crippen molar-refractivity contribution < 1.29 is 9.53 Å². The molecule has 1 amide bonds. The van der Waals surface area contributed by atoms with E-state index in [1.54, 1.807) is 0 Å². The Morgan fingerprint density at radius 2 is 2.11 bits per heavy atom. The van der Waals surface area contributed by atoms with Gasteiger partial charge in [0, 0.05) is 13.0 Å². The Balaban J connectivity index is 1.98. The zero-order valence-corrected chi connectivity index (χ0v) is 11.7. The normalized spacial score (nSPS) is 17.1. The van der Waals surface area contributed by atoms with Gasteiger partial charge in [0.25, 0.3) is 0 Å². The highest BCUT2D eigenvalue weighted by Crippen LogP contribution is 2.23. The molecule has 19 heavy (non-hydrogen) atoms. The minimum absolute atomic E-state index is 0.115. The number of nitrogens with one attached hydrogen (secondary N) is 1. The summed E-state index contributed by atoms with van der Waals surface area (Å²) in [5, 5.41) is 2.80. The molecule has 1 saturated heterocycles. The van der Waals surface area contributed by atoms with Crippen LogP contribution in [0.4, 0.5) is 0 Å². The maximum absolute atomic E-state index is 11.1. The number of aryl methyl sites for hydroxylation is 2. The van der Waals surface area contributed by atoms with Gasteiger partial charge in [0.2, 0.25) is 5.91 Å². The number of benzene rings is 1. The highest BCUT2D eigenvalue weighted by molar-refractivity contribution is 5.86. The largest absolute Gasteiger partial charge is 0.373 e. The lowest BCUT2D eigenvalue weighted by molar-refractivity contribution is -0.116. The highest BCUT2D eigenvalue weighted by Gasteiger charge is 2.24. The first-order valence-corrected chi connectivity index (χ1v) is 6.71. The Bertz CT molecular complexity index is 467. The van der Waals surface area contributed by atoms with E-state index in [4.69, 9.17) is 4.74 Å². The van der Waals surface area contributed by atoms with Crippen LogP contribution in [-0.4, -0.2) is 25.2 Å². The molecule has 1 aromatic rings. The summed E-state index contributed by atoms with van der Waals surface area (Å²) in [4.78, 5) is 11.1. The van der Waals surface area contributed by atoms with Crippen molar-refractivity contribution in [1.29, 1.82) is 0 Å². The fourth-order valence-electron chi connectivity index (χ4n) is 2.37. The summed E-state index contributed by atoms with van der Waals surface area (Å²) in [6.45, 7) is 9.28. The van der Waals surface area contributed by atoms with Crippen LogP contribution in [-0.2, 0) is 22.4 Å². The molecular weight excluding hydrogens is 238 g/mol. The third-order valence-electron chi connectivity index (χ3n) is 3.49. The van der Waals surface area contributed by atoms with Crippen LogP contribution in [0.25, 0.3) is 0 Å². The Hall–Kier alpha value is -1.61. The molecule has 0 aromatic heterocycles. The molecule has 0 bridgehead atoms. The molecule has 0 radical (unpaired) electrons. The van der Waals surface area contributed by atoms with E-state index in [1.807, 2.05) is 0 Å². The first-order chi connectivity index (χ1) is 9.10. The molecule has 3 heteroatoms. The number of hydrogen-bond acceptors (Lipinski definition) is 2. The third-order valence-corrected chi connectivity index (χ3v) is 3.49. The van der Waals surface area contributed by atoms with Crippen LogP contribution >= 0.6 is 0 Å². The number of rotatable bonds is 6. The minimum Gasteiger partial charge on any atom is -0.373 e. The van der Waals surface area contributed by atoms with Gasteiger partial charge in [-0.25, -0.2) is 0 Å². The second-order valence-electron chi connectivity index (χ2n) is 5.11. The van der Waals surface area contributed by atoms with Gasteiger partial charge >= 0.3 is 0 Å². The number of carbonyl (C=O) groups is 1. The fraction of sp³-hybridized carbons (Fsp3) is 0.438.